The Bertz CT molecular complexity index is 581. The van der Waals surface area contributed by atoms with Crippen LogP contribution in [0, 0.1) is 12.8 Å². The van der Waals surface area contributed by atoms with Gasteiger partial charge in [-0.1, -0.05) is 54.6 Å². The number of rotatable bonds is 4. The van der Waals surface area contributed by atoms with E-state index in [4.69, 9.17) is 4.74 Å². The van der Waals surface area contributed by atoms with Crippen molar-refractivity contribution in [2.24, 2.45) is 5.92 Å². The van der Waals surface area contributed by atoms with Crippen LogP contribution in [0.3, 0.4) is 0 Å². The van der Waals surface area contributed by atoms with E-state index in [0.29, 0.717) is 0 Å². The summed E-state index contributed by atoms with van der Waals surface area (Å²) in [6.07, 6.45) is 11.2. The standard InChI is InChI=1S/C18H20O2/c1-14-8-4-5-9-15(14)11-12-17(19)16-10-6-7-13-18(16,2)20-3/h4-13,16H,1-3H3/b12-11+. The smallest absolute Gasteiger partial charge is 0.165 e. The molecule has 0 N–H and O–H groups in total. The molecule has 1 aliphatic rings. The fraction of sp³-hybridized carbons (Fsp3) is 0.278. The Balaban J connectivity index is 2.18. The molecule has 0 saturated carbocycles. The van der Waals surface area contributed by atoms with Gasteiger partial charge >= 0.3 is 0 Å². The van der Waals surface area contributed by atoms with Gasteiger partial charge in [0.15, 0.2) is 5.78 Å². The summed E-state index contributed by atoms with van der Waals surface area (Å²) >= 11 is 0. The zero-order valence-corrected chi connectivity index (χ0v) is 12.2. The molecule has 0 fully saturated rings. The van der Waals surface area contributed by atoms with Crippen molar-refractivity contribution < 1.29 is 9.53 Å². The average molecular weight is 268 g/mol. The minimum Gasteiger partial charge on any atom is -0.373 e. The third kappa shape index (κ3) is 2.97. The topological polar surface area (TPSA) is 26.3 Å². The second kappa shape index (κ2) is 6.02. The molecular weight excluding hydrogens is 248 g/mol. The molecule has 2 unspecified atom stereocenters. The first-order valence-corrected chi connectivity index (χ1v) is 6.75. The summed E-state index contributed by atoms with van der Waals surface area (Å²) < 4.78 is 5.50. The van der Waals surface area contributed by atoms with Crippen LogP contribution in [0.25, 0.3) is 6.08 Å². The maximum atomic E-state index is 12.4. The van der Waals surface area contributed by atoms with Gasteiger partial charge in [0.05, 0.1) is 11.5 Å². The predicted octanol–water partition coefficient (Wildman–Crippen LogP) is 3.72. The van der Waals surface area contributed by atoms with Crippen LogP contribution in [-0.2, 0) is 9.53 Å². The van der Waals surface area contributed by atoms with Gasteiger partial charge in [-0.3, -0.25) is 4.79 Å². The van der Waals surface area contributed by atoms with Crippen LogP contribution in [0.5, 0.6) is 0 Å². The zero-order chi connectivity index (χ0) is 14.6. The Morgan fingerprint density at radius 1 is 1.30 bits per heavy atom. The second-order valence-corrected chi connectivity index (χ2v) is 5.20. The molecule has 2 rings (SSSR count). The number of ketones is 1. The lowest BCUT2D eigenvalue weighted by molar-refractivity contribution is -0.122. The number of allylic oxidation sites excluding steroid dienone is 3. The number of benzene rings is 1. The fourth-order valence-electron chi connectivity index (χ4n) is 2.34. The molecule has 2 atom stereocenters. The molecule has 0 bridgehead atoms. The Hall–Kier alpha value is -1.93. The van der Waals surface area contributed by atoms with Gasteiger partial charge in [0.2, 0.25) is 0 Å². The number of aryl methyl sites for hydroxylation is 1. The maximum Gasteiger partial charge on any atom is 0.165 e. The molecule has 0 saturated heterocycles. The van der Waals surface area contributed by atoms with Gasteiger partial charge in [0.1, 0.15) is 0 Å². The van der Waals surface area contributed by atoms with E-state index in [1.165, 1.54) is 0 Å². The van der Waals surface area contributed by atoms with Crippen molar-refractivity contribution in [3.8, 4) is 0 Å². The number of carbonyl (C=O) groups excluding carboxylic acids is 1. The molecule has 0 aliphatic heterocycles. The fourth-order valence-corrected chi connectivity index (χ4v) is 2.34. The van der Waals surface area contributed by atoms with Crippen LogP contribution in [0.1, 0.15) is 18.1 Å². The van der Waals surface area contributed by atoms with Crippen molar-refractivity contribution in [3.05, 3.63) is 65.8 Å². The van der Waals surface area contributed by atoms with E-state index in [1.54, 1.807) is 13.2 Å². The largest absolute Gasteiger partial charge is 0.373 e. The van der Waals surface area contributed by atoms with Crippen molar-refractivity contribution in [3.63, 3.8) is 0 Å². The van der Waals surface area contributed by atoms with Crippen LogP contribution < -0.4 is 0 Å². The van der Waals surface area contributed by atoms with Gasteiger partial charge in [-0.05, 0) is 31.1 Å². The van der Waals surface area contributed by atoms with E-state index in [2.05, 4.69) is 0 Å². The van der Waals surface area contributed by atoms with Crippen molar-refractivity contribution in [2.75, 3.05) is 7.11 Å². The molecule has 2 heteroatoms. The van der Waals surface area contributed by atoms with Gasteiger partial charge in [0.25, 0.3) is 0 Å². The van der Waals surface area contributed by atoms with Crippen LogP contribution in [0.4, 0.5) is 0 Å². The van der Waals surface area contributed by atoms with Crippen LogP contribution in [0.2, 0.25) is 0 Å². The first kappa shape index (κ1) is 14.5. The van der Waals surface area contributed by atoms with Gasteiger partial charge < -0.3 is 4.74 Å². The van der Waals surface area contributed by atoms with E-state index in [0.717, 1.165) is 11.1 Å². The molecule has 104 valence electrons. The highest BCUT2D eigenvalue weighted by Crippen LogP contribution is 2.28. The third-order valence-corrected chi connectivity index (χ3v) is 3.82. The molecule has 0 radical (unpaired) electrons. The molecule has 0 aromatic heterocycles. The summed E-state index contributed by atoms with van der Waals surface area (Å²) in [7, 11) is 1.63. The molecule has 1 aliphatic carbocycles. The van der Waals surface area contributed by atoms with Gasteiger partial charge in [-0.15, -0.1) is 0 Å². The minimum absolute atomic E-state index is 0.0539. The van der Waals surface area contributed by atoms with Crippen molar-refractivity contribution >= 4 is 11.9 Å². The number of hydrogen-bond donors (Lipinski definition) is 0. The third-order valence-electron chi connectivity index (χ3n) is 3.82. The Kier molecular flexibility index (Phi) is 4.35. The summed E-state index contributed by atoms with van der Waals surface area (Å²) in [5.41, 5.74) is 1.66. The quantitative estimate of drug-likeness (QED) is 0.778. The number of methoxy groups -OCH3 is 1. The lowest BCUT2D eigenvalue weighted by Crippen LogP contribution is -2.39. The zero-order valence-electron chi connectivity index (χ0n) is 12.2. The average Bonchev–Trinajstić information content (AvgIpc) is 2.46. The van der Waals surface area contributed by atoms with Crippen LogP contribution >= 0.6 is 0 Å². The van der Waals surface area contributed by atoms with Crippen molar-refractivity contribution in [2.45, 2.75) is 19.4 Å². The highest BCUT2D eigenvalue weighted by molar-refractivity contribution is 5.97. The summed E-state index contributed by atoms with van der Waals surface area (Å²) in [6, 6.07) is 8.00. The first-order chi connectivity index (χ1) is 9.57. The summed E-state index contributed by atoms with van der Waals surface area (Å²) in [5, 5.41) is 0. The normalized spacial score (nSPS) is 25.2. The summed E-state index contributed by atoms with van der Waals surface area (Å²) in [6.45, 7) is 3.96. The first-order valence-electron chi connectivity index (χ1n) is 6.75. The van der Waals surface area contributed by atoms with Gasteiger partial charge in [-0.2, -0.15) is 0 Å². The lowest BCUT2D eigenvalue weighted by Gasteiger charge is -2.32. The number of hydrogen-bond acceptors (Lipinski definition) is 2. The molecule has 20 heavy (non-hydrogen) atoms. The number of ether oxygens (including phenoxy) is 1. The molecule has 1 aromatic rings. The van der Waals surface area contributed by atoms with E-state index in [-0.39, 0.29) is 11.7 Å². The second-order valence-electron chi connectivity index (χ2n) is 5.20. The van der Waals surface area contributed by atoms with Crippen LogP contribution in [0.15, 0.2) is 54.6 Å². The summed E-state index contributed by atoms with van der Waals surface area (Å²) in [4.78, 5) is 12.4. The molecular formula is C18H20O2. The maximum absolute atomic E-state index is 12.4. The van der Waals surface area contributed by atoms with E-state index in [1.807, 2.05) is 68.5 Å². The van der Waals surface area contributed by atoms with E-state index < -0.39 is 5.60 Å². The van der Waals surface area contributed by atoms with Gasteiger partial charge in [0, 0.05) is 7.11 Å². The monoisotopic (exact) mass is 268 g/mol. The number of carbonyl (C=O) groups is 1. The van der Waals surface area contributed by atoms with Crippen molar-refractivity contribution in [1.29, 1.82) is 0 Å². The Morgan fingerprint density at radius 3 is 2.75 bits per heavy atom. The molecule has 0 heterocycles. The molecule has 0 amide bonds. The summed E-state index contributed by atoms with van der Waals surface area (Å²) in [5.74, 6) is -0.226. The lowest BCUT2D eigenvalue weighted by atomic mass is 9.82. The molecule has 1 aromatic carbocycles. The Morgan fingerprint density at radius 2 is 2.05 bits per heavy atom. The van der Waals surface area contributed by atoms with E-state index >= 15 is 0 Å². The highest BCUT2D eigenvalue weighted by Gasteiger charge is 2.35. The molecule has 0 spiro atoms. The van der Waals surface area contributed by atoms with Gasteiger partial charge in [-0.25, -0.2) is 0 Å². The SMILES string of the molecule is COC1(C)C=CC=CC1C(=O)/C=C/c1ccccc1C. The Labute approximate surface area is 120 Å². The molecule has 2 nitrogen and oxygen atoms in total. The van der Waals surface area contributed by atoms with E-state index in [9.17, 15) is 4.79 Å². The van der Waals surface area contributed by atoms with Crippen molar-refractivity contribution in [1.82, 2.24) is 0 Å². The predicted molar refractivity (Wildman–Crippen MR) is 82.4 cm³/mol. The van der Waals surface area contributed by atoms with Crippen LogP contribution in [-0.4, -0.2) is 18.5 Å². The highest BCUT2D eigenvalue weighted by atomic mass is 16.5. The minimum atomic E-state index is -0.568.